The van der Waals surface area contributed by atoms with Gasteiger partial charge in [0, 0.05) is 70.0 Å². The van der Waals surface area contributed by atoms with Gasteiger partial charge in [0.05, 0.1) is 21.7 Å². The number of hydrogen-bond donors (Lipinski definition) is 8. The molecule has 10 aromatic rings. The van der Waals surface area contributed by atoms with Crippen molar-refractivity contribution in [1.29, 1.82) is 0 Å². The van der Waals surface area contributed by atoms with Crippen LogP contribution in [0.1, 0.15) is 29.7 Å². The Morgan fingerprint density at radius 1 is 0.380 bits per heavy atom. The van der Waals surface area contributed by atoms with Crippen molar-refractivity contribution in [2.45, 2.75) is 32.4 Å². The molecule has 0 aliphatic rings. The maximum atomic E-state index is 9.50. The SMILES string of the molecule is C.OB(O)c1cccc(CBr)c1.OB(O)c1cccc(C[n+]2cccc3c4ccc[n+](Cc5cccc(B(O)O)c5)c4ccc32)c1.OB(O)c1cccc(C[n+]2cccc3c4cccnc4ccc32)c1.[Br-]. The largest absolute Gasteiger partial charge is 1.00 e. The van der Waals surface area contributed by atoms with Crippen molar-refractivity contribution in [1.82, 2.24) is 4.98 Å². The van der Waals surface area contributed by atoms with Crippen LogP contribution in [0.5, 0.6) is 0 Å². The second-order valence-corrected chi connectivity index (χ2v) is 17.1. The number of alkyl halides is 1. The van der Waals surface area contributed by atoms with Crippen molar-refractivity contribution < 1.29 is 70.9 Å². The van der Waals surface area contributed by atoms with Crippen LogP contribution in [0.2, 0.25) is 0 Å². The molecule has 356 valence electrons. The van der Waals surface area contributed by atoms with Crippen LogP contribution in [0.3, 0.4) is 0 Å². The van der Waals surface area contributed by atoms with Gasteiger partial charge in [0.2, 0.25) is 16.6 Å². The van der Waals surface area contributed by atoms with Crippen molar-refractivity contribution in [2.24, 2.45) is 0 Å². The summed E-state index contributed by atoms with van der Waals surface area (Å²) in [5.74, 6) is 0. The van der Waals surface area contributed by atoms with Gasteiger partial charge in [-0.1, -0.05) is 126 Å². The van der Waals surface area contributed by atoms with E-state index in [1.54, 1.807) is 42.6 Å². The van der Waals surface area contributed by atoms with Crippen molar-refractivity contribution >= 4 is 110 Å². The number of aromatic nitrogens is 4. The Kier molecular flexibility index (Phi) is 19.3. The van der Waals surface area contributed by atoms with Crippen LogP contribution in [0.4, 0.5) is 0 Å². The molecule has 0 aliphatic heterocycles. The summed E-state index contributed by atoms with van der Waals surface area (Å²) in [4.78, 5) is 4.41. The standard InChI is InChI=1S/C26H24B2N2O4.C19H16BN2O2.C7H8BBrO2.CH4.BrH/c31-27(32)21-7-1-5-19(15-21)17-29-13-3-9-23-24-10-4-14-30(26(24)12-11-25(23)29)18-20-6-2-8-22(16-20)28(33)34;23-20(24)15-5-1-4-14(12-15)13-22-11-3-7-17-16-6-2-10-21-18(16)8-9-19(17)22;9-5-6-2-1-3-7(4-6)8(10)11;;/h1-16,31-34H,17-18H2;1-12,23-24H,13H2;1-4,10-11H,5H2;1H4;1H/q+2;+1;;;/p-1. The van der Waals surface area contributed by atoms with E-state index in [0.29, 0.717) is 41.5 Å². The second-order valence-electron chi connectivity index (χ2n) is 16.5. The molecule has 0 bridgehead atoms. The highest BCUT2D eigenvalue weighted by Gasteiger charge is 2.20. The van der Waals surface area contributed by atoms with E-state index in [2.05, 4.69) is 77.1 Å². The molecular formula is C53H52B4Br2N4O8+2. The molecule has 6 aromatic carbocycles. The summed E-state index contributed by atoms with van der Waals surface area (Å²) in [7, 11) is -5.79. The maximum Gasteiger partial charge on any atom is 0.488 e. The van der Waals surface area contributed by atoms with Gasteiger partial charge >= 0.3 is 28.5 Å². The van der Waals surface area contributed by atoms with Gasteiger partial charge in [-0.05, 0) is 57.7 Å². The Hall–Kier alpha value is -6.14. The molecular weight excluding hydrogens is 1020 g/mol. The molecule has 0 aliphatic carbocycles. The van der Waals surface area contributed by atoms with Crippen molar-refractivity contribution in [3.8, 4) is 0 Å². The summed E-state index contributed by atoms with van der Waals surface area (Å²) in [6, 6.07) is 53.9. The fourth-order valence-electron chi connectivity index (χ4n) is 8.42. The van der Waals surface area contributed by atoms with Gasteiger partial charge in [-0.25, -0.2) is 0 Å². The predicted octanol–water partition coefficient (Wildman–Crippen LogP) is -0.671. The first kappa shape index (κ1) is 54.2. The molecule has 12 nitrogen and oxygen atoms in total. The zero-order valence-electron chi connectivity index (χ0n) is 37.7. The molecule has 0 saturated heterocycles. The van der Waals surface area contributed by atoms with Gasteiger partial charge < -0.3 is 57.2 Å². The fraction of sp³-hybridized carbons (Fsp3) is 0.0943. The highest BCUT2D eigenvalue weighted by Crippen LogP contribution is 2.23. The van der Waals surface area contributed by atoms with E-state index in [1.807, 2.05) is 110 Å². The van der Waals surface area contributed by atoms with E-state index < -0.39 is 28.5 Å². The van der Waals surface area contributed by atoms with Gasteiger partial charge in [0.1, 0.15) is 0 Å². The molecule has 0 radical (unpaired) electrons. The van der Waals surface area contributed by atoms with E-state index in [0.717, 1.165) is 71.2 Å². The number of halogens is 2. The molecule has 8 N–H and O–H groups in total. The average molecular weight is 1080 g/mol. The van der Waals surface area contributed by atoms with Crippen LogP contribution >= 0.6 is 15.9 Å². The zero-order chi connectivity index (χ0) is 48.4. The average Bonchev–Trinajstić information content (AvgIpc) is 3.37. The molecule has 0 atom stereocenters. The van der Waals surface area contributed by atoms with Crippen molar-refractivity contribution in [2.75, 3.05) is 0 Å². The molecule has 0 amide bonds. The Labute approximate surface area is 432 Å². The molecule has 71 heavy (non-hydrogen) atoms. The molecule has 0 spiro atoms. The van der Waals surface area contributed by atoms with E-state index in [9.17, 15) is 30.1 Å². The number of benzene rings is 6. The number of fused-ring (bicyclic) bond motifs is 6. The quantitative estimate of drug-likeness (QED) is 0.0361. The van der Waals surface area contributed by atoms with Crippen LogP contribution in [0.25, 0.3) is 43.6 Å². The fourth-order valence-corrected chi connectivity index (χ4v) is 8.77. The van der Waals surface area contributed by atoms with Crippen LogP contribution in [0, 0.1) is 0 Å². The summed E-state index contributed by atoms with van der Waals surface area (Å²) >= 11 is 3.28. The highest BCUT2D eigenvalue weighted by atomic mass is 79.9. The Bertz CT molecular complexity index is 3280. The number of pyridine rings is 4. The molecule has 0 unspecified atom stereocenters. The van der Waals surface area contributed by atoms with Crippen molar-refractivity contribution in [3.05, 3.63) is 217 Å². The number of nitrogens with zero attached hydrogens (tertiary/aromatic N) is 4. The summed E-state index contributed by atoms with van der Waals surface area (Å²) in [5, 5.41) is 79.5. The minimum atomic E-state index is -1.49. The van der Waals surface area contributed by atoms with Gasteiger partial charge in [-0.3, -0.25) is 4.98 Å². The summed E-state index contributed by atoms with van der Waals surface area (Å²) in [6.07, 6.45) is 7.89. The lowest BCUT2D eigenvalue weighted by Gasteiger charge is -2.07. The Balaban J connectivity index is 0.000000194. The highest BCUT2D eigenvalue weighted by molar-refractivity contribution is 9.08. The monoisotopic (exact) mass is 1070 g/mol. The third kappa shape index (κ3) is 13.4. The molecule has 10 rings (SSSR count). The van der Waals surface area contributed by atoms with E-state index in [-0.39, 0.29) is 24.4 Å². The summed E-state index contributed by atoms with van der Waals surface area (Å²) < 4.78 is 6.47. The van der Waals surface area contributed by atoms with Crippen LogP contribution in [-0.2, 0) is 25.0 Å². The Morgan fingerprint density at radius 2 is 0.704 bits per heavy atom. The van der Waals surface area contributed by atoms with E-state index >= 15 is 0 Å². The first-order valence-corrected chi connectivity index (χ1v) is 23.3. The lowest BCUT2D eigenvalue weighted by molar-refractivity contribution is -0.664. The smallest absolute Gasteiger partial charge is 0.488 e. The summed E-state index contributed by atoms with van der Waals surface area (Å²) in [5.41, 5.74) is 10.3. The van der Waals surface area contributed by atoms with Gasteiger partial charge in [-0.2, -0.15) is 13.7 Å². The maximum absolute atomic E-state index is 9.50. The summed E-state index contributed by atoms with van der Waals surface area (Å²) in [6.45, 7) is 1.86. The molecule has 0 saturated carbocycles. The normalized spacial score (nSPS) is 10.6. The molecule has 4 aromatic heterocycles. The zero-order valence-corrected chi connectivity index (χ0v) is 40.9. The minimum Gasteiger partial charge on any atom is -1.00 e. The van der Waals surface area contributed by atoms with Gasteiger partial charge in [0.25, 0.3) is 0 Å². The van der Waals surface area contributed by atoms with E-state index in [4.69, 9.17) is 10.0 Å². The molecule has 18 heteroatoms. The predicted molar refractivity (Wildman–Crippen MR) is 283 cm³/mol. The molecule has 4 heterocycles. The first-order chi connectivity index (χ1) is 33.4. The number of rotatable bonds is 11. The van der Waals surface area contributed by atoms with Gasteiger partial charge in [0.15, 0.2) is 38.2 Å². The van der Waals surface area contributed by atoms with Crippen molar-refractivity contribution in [3.63, 3.8) is 0 Å². The molecule has 0 fully saturated rings. The third-order valence-corrected chi connectivity index (χ3v) is 12.4. The minimum absolute atomic E-state index is 0. The van der Waals surface area contributed by atoms with Crippen LogP contribution in [-0.4, -0.2) is 73.6 Å². The van der Waals surface area contributed by atoms with Crippen LogP contribution in [0.15, 0.2) is 195 Å². The third-order valence-electron chi connectivity index (χ3n) is 11.8. The lowest BCUT2D eigenvalue weighted by Crippen LogP contribution is -3.00. The Morgan fingerprint density at radius 3 is 1.07 bits per heavy atom. The number of hydrogen-bond acceptors (Lipinski definition) is 9. The van der Waals surface area contributed by atoms with Gasteiger partial charge in [-0.15, -0.1) is 0 Å². The van der Waals surface area contributed by atoms with E-state index in [1.165, 1.54) is 0 Å². The topological polar surface area (TPSA) is 186 Å². The van der Waals surface area contributed by atoms with Crippen LogP contribution < -0.4 is 52.5 Å². The lowest BCUT2D eigenvalue weighted by atomic mass is 9.79. The first-order valence-electron chi connectivity index (χ1n) is 22.2. The second kappa shape index (κ2) is 25.3.